The van der Waals surface area contributed by atoms with Gasteiger partial charge in [-0.2, -0.15) is 5.26 Å². The minimum absolute atomic E-state index is 0.0464. The molecule has 0 spiro atoms. The van der Waals surface area contributed by atoms with Crippen LogP contribution in [0.25, 0.3) is 0 Å². The number of carbonyl (C=O) groups excluding carboxylic acids is 1. The van der Waals surface area contributed by atoms with Crippen LogP contribution in [-0.4, -0.2) is 18.1 Å². The standard InChI is InChI=1S/C16H17N3O2S/c1-3-13(15-18-7-8-22-15)19-14(16(20)21-2)12-6-4-5-11(9-12)10-17/h4-9,13-14,19H,3H2,1-2H3/t13-,14+/m1/s1. The highest BCUT2D eigenvalue weighted by Gasteiger charge is 2.26. The monoisotopic (exact) mass is 315 g/mol. The molecule has 1 heterocycles. The average molecular weight is 315 g/mol. The van der Waals surface area contributed by atoms with Crippen LogP contribution >= 0.6 is 11.3 Å². The fourth-order valence-corrected chi connectivity index (χ4v) is 2.96. The Kier molecular flexibility index (Phi) is 5.64. The number of nitrogens with one attached hydrogen (secondary N) is 1. The Bertz CT molecular complexity index is 664. The van der Waals surface area contributed by atoms with Crippen LogP contribution in [-0.2, 0) is 9.53 Å². The summed E-state index contributed by atoms with van der Waals surface area (Å²) in [6.45, 7) is 2.03. The van der Waals surface area contributed by atoms with Crippen molar-refractivity contribution < 1.29 is 9.53 Å². The number of thiazole rings is 1. The van der Waals surface area contributed by atoms with Gasteiger partial charge in [0.05, 0.1) is 24.8 Å². The molecule has 0 radical (unpaired) electrons. The van der Waals surface area contributed by atoms with E-state index in [4.69, 9.17) is 10.00 Å². The van der Waals surface area contributed by atoms with Crippen LogP contribution in [0.3, 0.4) is 0 Å². The number of carbonyl (C=O) groups is 1. The van der Waals surface area contributed by atoms with E-state index in [-0.39, 0.29) is 12.0 Å². The molecule has 1 N–H and O–H groups in total. The molecule has 0 aliphatic carbocycles. The number of hydrogen-bond donors (Lipinski definition) is 1. The van der Waals surface area contributed by atoms with Gasteiger partial charge in [0.2, 0.25) is 0 Å². The Hall–Kier alpha value is -2.23. The molecule has 0 fully saturated rings. The molecular formula is C16H17N3O2S. The summed E-state index contributed by atoms with van der Waals surface area (Å²) in [6, 6.07) is 8.38. The van der Waals surface area contributed by atoms with E-state index in [9.17, 15) is 4.79 Å². The number of benzene rings is 1. The number of nitrogens with zero attached hydrogens (tertiary/aromatic N) is 2. The Morgan fingerprint density at radius 3 is 2.95 bits per heavy atom. The maximum Gasteiger partial charge on any atom is 0.327 e. The lowest BCUT2D eigenvalue weighted by molar-refractivity contribution is -0.143. The van der Waals surface area contributed by atoms with Crippen molar-refractivity contribution in [2.45, 2.75) is 25.4 Å². The molecule has 5 nitrogen and oxygen atoms in total. The molecule has 0 aliphatic heterocycles. The summed E-state index contributed by atoms with van der Waals surface area (Å²) in [7, 11) is 1.36. The third kappa shape index (κ3) is 3.70. The smallest absolute Gasteiger partial charge is 0.327 e. The molecule has 2 atom stereocenters. The quantitative estimate of drug-likeness (QED) is 0.829. The first kappa shape index (κ1) is 16.1. The number of aromatic nitrogens is 1. The largest absolute Gasteiger partial charge is 0.468 e. The van der Waals surface area contributed by atoms with Gasteiger partial charge in [0.15, 0.2) is 0 Å². The lowest BCUT2D eigenvalue weighted by atomic mass is 10.0. The van der Waals surface area contributed by atoms with Gasteiger partial charge in [-0.1, -0.05) is 19.1 Å². The fourth-order valence-electron chi connectivity index (χ4n) is 2.18. The lowest BCUT2D eigenvalue weighted by Gasteiger charge is -2.22. The van der Waals surface area contributed by atoms with Crippen LogP contribution in [0.2, 0.25) is 0 Å². The molecule has 2 rings (SSSR count). The summed E-state index contributed by atoms with van der Waals surface area (Å²) in [5, 5.41) is 15.1. The summed E-state index contributed by atoms with van der Waals surface area (Å²) < 4.78 is 4.90. The van der Waals surface area contributed by atoms with Gasteiger partial charge in [-0.05, 0) is 24.1 Å². The molecule has 0 saturated carbocycles. The van der Waals surface area contributed by atoms with E-state index < -0.39 is 6.04 Å². The van der Waals surface area contributed by atoms with Gasteiger partial charge >= 0.3 is 5.97 Å². The van der Waals surface area contributed by atoms with Crippen molar-refractivity contribution >= 4 is 17.3 Å². The molecule has 0 bridgehead atoms. The number of hydrogen-bond acceptors (Lipinski definition) is 6. The number of methoxy groups -OCH3 is 1. The molecule has 2 aromatic rings. The summed E-state index contributed by atoms with van der Waals surface area (Å²) in [5.41, 5.74) is 1.22. The minimum Gasteiger partial charge on any atom is -0.468 e. The first-order valence-electron chi connectivity index (χ1n) is 6.93. The van der Waals surface area contributed by atoms with Gasteiger partial charge < -0.3 is 4.74 Å². The number of ether oxygens (including phenoxy) is 1. The Morgan fingerprint density at radius 1 is 1.55 bits per heavy atom. The van der Waals surface area contributed by atoms with Crippen LogP contribution in [0.15, 0.2) is 35.8 Å². The zero-order valence-electron chi connectivity index (χ0n) is 12.4. The minimum atomic E-state index is -0.632. The van der Waals surface area contributed by atoms with E-state index in [1.807, 2.05) is 18.4 Å². The molecule has 114 valence electrons. The van der Waals surface area contributed by atoms with Crippen molar-refractivity contribution in [3.8, 4) is 6.07 Å². The van der Waals surface area contributed by atoms with Crippen molar-refractivity contribution in [1.82, 2.24) is 10.3 Å². The van der Waals surface area contributed by atoms with Gasteiger partial charge in [0.1, 0.15) is 11.0 Å². The van der Waals surface area contributed by atoms with Gasteiger partial charge in [-0.3, -0.25) is 5.32 Å². The Labute approximate surface area is 133 Å². The zero-order valence-corrected chi connectivity index (χ0v) is 13.3. The van der Waals surface area contributed by atoms with Gasteiger partial charge in [0, 0.05) is 11.6 Å². The van der Waals surface area contributed by atoms with Gasteiger partial charge in [-0.25, -0.2) is 9.78 Å². The predicted molar refractivity (Wildman–Crippen MR) is 84.2 cm³/mol. The van der Waals surface area contributed by atoms with Crippen LogP contribution in [0.4, 0.5) is 0 Å². The highest BCUT2D eigenvalue weighted by Crippen LogP contribution is 2.25. The van der Waals surface area contributed by atoms with E-state index in [1.54, 1.807) is 35.7 Å². The van der Waals surface area contributed by atoms with Crippen molar-refractivity contribution in [3.05, 3.63) is 52.0 Å². The van der Waals surface area contributed by atoms with Crippen LogP contribution in [0, 0.1) is 11.3 Å². The number of nitriles is 1. The fraction of sp³-hybridized carbons (Fsp3) is 0.312. The maximum absolute atomic E-state index is 12.1. The average Bonchev–Trinajstić information content (AvgIpc) is 3.09. The van der Waals surface area contributed by atoms with E-state index in [1.165, 1.54) is 7.11 Å². The molecule has 0 unspecified atom stereocenters. The molecule has 0 aliphatic rings. The molecular weight excluding hydrogens is 298 g/mol. The van der Waals surface area contributed by atoms with Crippen molar-refractivity contribution in [3.63, 3.8) is 0 Å². The predicted octanol–water partition coefficient (Wildman–Crippen LogP) is 2.97. The molecule has 0 saturated heterocycles. The maximum atomic E-state index is 12.1. The first-order valence-corrected chi connectivity index (χ1v) is 7.80. The highest BCUT2D eigenvalue weighted by atomic mass is 32.1. The second-order valence-corrected chi connectivity index (χ2v) is 5.62. The lowest BCUT2D eigenvalue weighted by Crippen LogP contribution is -2.32. The molecule has 6 heteroatoms. The molecule has 1 aromatic carbocycles. The third-order valence-corrected chi connectivity index (χ3v) is 4.20. The second kappa shape index (κ2) is 7.69. The van der Waals surface area contributed by atoms with Crippen molar-refractivity contribution in [1.29, 1.82) is 5.26 Å². The van der Waals surface area contributed by atoms with Gasteiger partial charge in [-0.15, -0.1) is 11.3 Å². The normalized spacial score (nSPS) is 13.1. The summed E-state index contributed by atoms with van der Waals surface area (Å²) >= 11 is 1.54. The summed E-state index contributed by atoms with van der Waals surface area (Å²) in [4.78, 5) is 16.5. The third-order valence-electron chi connectivity index (χ3n) is 3.31. The number of esters is 1. The van der Waals surface area contributed by atoms with Crippen molar-refractivity contribution in [2.24, 2.45) is 0 Å². The molecule has 1 aromatic heterocycles. The molecule has 22 heavy (non-hydrogen) atoms. The van der Waals surface area contributed by atoms with Crippen molar-refractivity contribution in [2.75, 3.05) is 7.11 Å². The Morgan fingerprint density at radius 2 is 2.36 bits per heavy atom. The Balaban J connectivity index is 2.30. The second-order valence-electron chi connectivity index (χ2n) is 4.69. The number of rotatable bonds is 6. The highest BCUT2D eigenvalue weighted by molar-refractivity contribution is 7.09. The van der Waals surface area contributed by atoms with Crippen LogP contribution in [0.5, 0.6) is 0 Å². The van der Waals surface area contributed by atoms with E-state index >= 15 is 0 Å². The first-order chi connectivity index (χ1) is 10.7. The van der Waals surface area contributed by atoms with Gasteiger partial charge in [0.25, 0.3) is 0 Å². The van der Waals surface area contributed by atoms with E-state index in [0.717, 1.165) is 11.4 Å². The topological polar surface area (TPSA) is 75.0 Å². The van der Waals surface area contributed by atoms with Crippen LogP contribution < -0.4 is 5.32 Å². The van der Waals surface area contributed by atoms with Crippen LogP contribution in [0.1, 0.15) is 41.6 Å². The zero-order chi connectivity index (χ0) is 15.9. The summed E-state index contributed by atoms with van der Waals surface area (Å²) in [6.07, 6.45) is 2.53. The van der Waals surface area contributed by atoms with E-state index in [0.29, 0.717) is 11.1 Å². The summed E-state index contributed by atoms with van der Waals surface area (Å²) in [5.74, 6) is -0.384. The van der Waals surface area contributed by atoms with E-state index in [2.05, 4.69) is 16.4 Å². The SMILES string of the molecule is CC[C@@H](N[C@H](C(=O)OC)c1cccc(C#N)c1)c1nccs1. The molecule has 0 amide bonds.